The molecule has 1 heterocycles. The third-order valence-electron chi connectivity index (χ3n) is 6.52. The second-order valence-electron chi connectivity index (χ2n) is 9.38. The lowest BCUT2D eigenvalue weighted by Gasteiger charge is -2.30. The van der Waals surface area contributed by atoms with E-state index < -0.39 is 0 Å². The summed E-state index contributed by atoms with van der Waals surface area (Å²) in [5.41, 5.74) is 11.2. The molecule has 1 amide bonds. The number of nitrogens with zero attached hydrogens (tertiary/aromatic N) is 3. The SMILES string of the molecule is CCCN=C(N)N.O=CCN=C[C@@H]1CCCN1C(=O)C(Cc1ccccc1)NCC1CCCCC1. The molecule has 8 heteroatoms. The van der Waals surface area contributed by atoms with E-state index in [1.165, 1.54) is 37.7 Å². The van der Waals surface area contributed by atoms with Crippen molar-refractivity contribution in [2.45, 2.75) is 76.8 Å². The monoisotopic (exact) mass is 484 g/mol. The third kappa shape index (κ3) is 11.0. The molecule has 3 rings (SSSR count). The number of amides is 1. The molecule has 1 saturated heterocycles. The minimum atomic E-state index is -0.204. The van der Waals surface area contributed by atoms with Gasteiger partial charge in [-0.2, -0.15) is 0 Å². The molecule has 0 spiro atoms. The van der Waals surface area contributed by atoms with Crippen LogP contribution in [0.25, 0.3) is 0 Å². The lowest BCUT2D eigenvalue weighted by atomic mass is 9.89. The van der Waals surface area contributed by atoms with Gasteiger partial charge >= 0.3 is 0 Å². The van der Waals surface area contributed by atoms with Gasteiger partial charge in [-0.15, -0.1) is 0 Å². The van der Waals surface area contributed by atoms with Crippen LogP contribution in [0.1, 0.15) is 63.9 Å². The van der Waals surface area contributed by atoms with E-state index in [9.17, 15) is 9.59 Å². The lowest BCUT2D eigenvalue weighted by Crippen LogP contribution is -2.50. The van der Waals surface area contributed by atoms with Gasteiger partial charge in [0.05, 0.1) is 18.6 Å². The van der Waals surface area contributed by atoms with Gasteiger partial charge in [-0.25, -0.2) is 0 Å². The fraction of sp³-hybridized carbons (Fsp3) is 0.630. The Balaban J connectivity index is 0.000000540. The second kappa shape index (κ2) is 16.8. The Morgan fingerprint density at radius 3 is 2.51 bits per heavy atom. The lowest BCUT2D eigenvalue weighted by molar-refractivity contribution is -0.133. The van der Waals surface area contributed by atoms with E-state index in [-0.39, 0.29) is 30.5 Å². The maximum Gasteiger partial charge on any atom is 0.240 e. The summed E-state index contributed by atoms with van der Waals surface area (Å²) < 4.78 is 0. The number of benzene rings is 1. The van der Waals surface area contributed by atoms with Crippen molar-refractivity contribution in [3.05, 3.63) is 35.9 Å². The van der Waals surface area contributed by atoms with Gasteiger partial charge in [0.25, 0.3) is 0 Å². The maximum atomic E-state index is 13.4. The Kier molecular flexibility index (Phi) is 13.7. The maximum absolute atomic E-state index is 13.4. The minimum Gasteiger partial charge on any atom is -0.370 e. The van der Waals surface area contributed by atoms with Crippen LogP contribution in [0.15, 0.2) is 40.3 Å². The molecular weight excluding hydrogens is 440 g/mol. The van der Waals surface area contributed by atoms with Gasteiger partial charge in [-0.05, 0) is 56.6 Å². The van der Waals surface area contributed by atoms with E-state index in [4.69, 9.17) is 11.5 Å². The van der Waals surface area contributed by atoms with E-state index >= 15 is 0 Å². The quantitative estimate of drug-likeness (QED) is 0.253. The predicted octanol–water partition coefficient (Wildman–Crippen LogP) is 2.70. The van der Waals surface area contributed by atoms with Gasteiger partial charge in [0.2, 0.25) is 5.91 Å². The average molecular weight is 485 g/mol. The first kappa shape index (κ1) is 28.5. The van der Waals surface area contributed by atoms with Crippen molar-refractivity contribution in [1.29, 1.82) is 0 Å². The molecular formula is C27H44N6O2. The molecule has 1 aromatic carbocycles. The van der Waals surface area contributed by atoms with Crippen molar-refractivity contribution < 1.29 is 9.59 Å². The third-order valence-corrected chi connectivity index (χ3v) is 6.52. The number of rotatable bonds is 11. The van der Waals surface area contributed by atoms with Gasteiger partial charge in [0, 0.05) is 19.3 Å². The standard InChI is InChI=1S/C23H33N3O2.C4H11N3/c27-15-13-24-18-21-12-7-14-26(21)23(28)22(16-19-8-3-1-4-9-19)25-17-20-10-5-2-6-11-20;1-2-3-7-4(5)6/h1,3-4,8-9,15,18,20-22,25H,2,5-7,10-14,16-17H2;2-3H2,1H3,(H4,5,6,7)/t21-,22?;/m0./s1. The van der Waals surface area contributed by atoms with Gasteiger partial charge in [-0.1, -0.05) is 56.5 Å². The molecule has 194 valence electrons. The molecule has 5 N–H and O–H groups in total. The smallest absolute Gasteiger partial charge is 0.240 e. The van der Waals surface area contributed by atoms with Crippen LogP contribution in [-0.2, 0) is 16.0 Å². The fourth-order valence-corrected chi connectivity index (χ4v) is 4.68. The van der Waals surface area contributed by atoms with Crippen molar-refractivity contribution >= 4 is 24.4 Å². The summed E-state index contributed by atoms with van der Waals surface area (Å²) in [6, 6.07) is 10.1. The summed E-state index contributed by atoms with van der Waals surface area (Å²) in [6.45, 7) is 4.62. The first-order chi connectivity index (χ1) is 17.0. The van der Waals surface area contributed by atoms with Crippen LogP contribution in [0.4, 0.5) is 0 Å². The van der Waals surface area contributed by atoms with Gasteiger partial charge in [0.1, 0.15) is 6.29 Å². The normalized spacial score (nSPS) is 19.1. The minimum absolute atomic E-state index is 0.0159. The van der Waals surface area contributed by atoms with Crippen LogP contribution in [0.3, 0.4) is 0 Å². The summed E-state index contributed by atoms with van der Waals surface area (Å²) in [4.78, 5) is 33.8. The number of guanidine groups is 1. The number of hydrogen-bond donors (Lipinski definition) is 3. The highest BCUT2D eigenvalue weighted by Gasteiger charge is 2.32. The topological polar surface area (TPSA) is 126 Å². The molecule has 2 fully saturated rings. The highest BCUT2D eigenvalue weighted by molar-refractivity contribution is 5.86. The highest BCUT2D eigenvalue weighted by Crippen LogP contribution is 2.23. The van der Waals surface area contributed by atoms with Crippen molar-refractivity contribution in [3.63, 3.8) is 0 Å². The number of likely N-dealkylation sites (tertiary alicyclic amines) is 1. The van der Waals surface area contributed by atoms with E-state index in [0.29, 0.717) is 12.3 Å². The molecule has 0 aromatic heterocycles. The fourth-order valence-electron chi connectivity index (χ4n) is 4.68. The Labute approximate surface area is 210 Å². The zero-order chi connectivity index (χ0) is 25.3. The Morgan fingerprint density at radius 2 is 1.89 bits per heavy atom. The molecule has 0 bridgehead atoms. The Morgan fingerprint density at radius 1 is 1.14 bits per heavy atom. The van der Waals surface area contributed by atoms with E-state index in [1.54, 1.807) is 6.21 Å². The van der Waals surface area contributed by atoms with Crippen LogP contribution >= 0.6 is 0 Å². The molecule has 1 aliphatic heterocycles. The summed E-state index contributed by atoms with van der Waals surface area (Å²) in [5, 5.41) is 3.61. The van der Waals surface area contributed by atoms with Gasteiger partial charge in [0.15, 0.2) is 5.96 Å². The first-order valence-electron chi connectivity index (χ1n) is 13.1. The summed E-state index contributed by atoms with van der Waals surface area (Å²) in [5.74, 6) is 1.03. The van der Waals surface area contributed by atoms with E-state index in [2.05, 4.69) is 27.4 Å². The van der Waals surface area contributed by atoms with Crippen LogP contribution in [0.2, 0.25) is 0 Å². The van der Waals surface area contributed by atoms with Crippen LogP contribution in [-0.4, -0.2) is 67.5 Å². The number of nitrogens with two attached hydrogens (primary N) is 2. The highest BCUT2D eigenvalue weighted by atomic mass is 16.2. The Hall–Kier alpha value is -2.74. The zero-order valence-corrected chi connectivity index (χ0v) is 21.3. The molecule has 35 heavy (non-hydrogen) atoms. The van der Waals surface area contributed by atoms with Gasteiger partial charge < -0.3 is 26.5 Å². The Bertz CT molecular complexity index is 788. The first-order valence-corrected chi connectivity index (χ1v) is 13.1. The summed E-state index contributed by atoms with van der Waals surface area (Å²) >= 11 is 0. The van der Waals surface area contributed by atoms with Crippen molar-refractivity contribution in [2.75, 3.05) is 26.2 Å². The average Bonchev–Trinajstić information content (AvgIpc) is 3.35. The number of hydrogen-bond acceptors (Lipinski definition) is 5. The summed E-state index contributed by atoms with van der Waals surface area (Å²) in [6.07, 6.45) is 12.7. The number of carbonyl (C=O) groups is 2. The number of carbonyl (C=O) groups excluding carboxylic acids is 2. The molecule has 8 nitrogen and oxygen atoms in total. The van der Waals surface area contributed by atoms with E-state index in [0.717, 1.165) is 45.2 Å². The second-order valence-corrected chi connectivity index (χ2v) is 9.38. The van der Waals surface area contributed by atoms with Crippen LogP contribution < -0.4 is 16.8 Å². The molecule has 1 aliphatic carbocycles. The van der Waals surface area contributed by atoms with Gasteiger partial charge in [-0.3, -0.25) is 14.8 Å². The molecule has 1 unspecified atom stereocenters. The molecule has 1 aromatic rings. The number of aliphatic imine (C=N–C) groups is 2. The van der Waals surface area contributed by atoms with Crippen molar-refractivity contribution in [3.8, 4) is 0 Å². The largest absolute Gasteiger partial charge is 0.370 e. The molecule has 2 aliphatic rings. The van der Waals surface area contributed by atoms with Crippen molar-refractivity contribution in [2.24, 2.45) is 27.4 Å². The van der Waals surface area contributed by atoms with Crippen LogP contribution in [0, 0.1) is 5.92 Å². The summed E-state index contributed by atoms with van der Waals surface area (Å²) in [7, 11) is 0. The molecule has 1 saturated carbocycles. The van der Waals surface area contributed by atoms with Crippen molar-refractivity contribution in [1.82, 2.24) is 10.2 Å². The van der Waals surface area contributed by atoms with Crippen LogP contribution in [0.5, 0.6) is 0 Å². The zero-order valence-electron chi connectivity index (χ0n) is 21.3. The molecule has 2 atom stereocenters. The predicted molar refractivity (Wildman–Crippen MR) is 144 cm³/mol. The number of nitrogens with one attached hydrogen (secondary N) is 1. The van der Waals surface area contributed by atoms with E-state index in [1.807, 2.05) is 30.0 Å². The number of aldehydes is 1. The molecule has 0 radical (unpaired) electrons.